The van der Waals surface area contributed by atoms with Crippen molar-refractivity contribution in [1.82, 2.24) is 15.3 Å². The molecule has 23 heavy (non-hydrogen) atoms. The molecule has 1 aromatic heterocycles. The SMILES string of the molecule is COCCCNC(=O)c1cnc(Nc2c(F)cccc2F)nc1. The number of halogens is 2. The van der Waals surface area contributed by atoms with E-state index in [1.165, 1.54) is 18.5 Å². The zero-order chi connectivity index (χ0) is 16.7. The van der Waals surface area contributed by atoms with E-state index < -0.39 is 11.6 Å². The third-order valence-electron chi connectivity index (χ3n) is 2.92. The molecule has 122 valence electrons. The quantitative estimate of drug-likeness (QED) is 0.765. The van der Waals surface area contributed by atoms with Crippen LogP contribution < -0.4 is 10.6 Å². The van der Waals surface area contributed by atoms with Crippen LogP contribution in [-0.4, -0.2) is 36.1 Å². The summed E-state index contributed by atoms with van der Waals surface area (Å²) in [5.74, 6) is -1.85. The Labute approximate surface area is 131 Å². The Morgan fingerprint density at radius 1 is 1.22 bits per heavy atom. The standard InChI is InChI=1S/C15H16F2N4O2/c1-23-7-3-6-18-14(22)10-8-19-15(20-9-10)21-13-11(16)4-2-5-12(13)17/h2,4-5,8-9H,3,6-7H2,1H3,(H,18,22)(H,19,20,21). The number of nitrogens with zero attached hydrogens (tertiary/aromatic N) is 2. The average Bonchev–Trinajstić information content (AvgIpc) is 2.55. The van der Waals surface area contributed by atoms with Gasteiger partial charge in [-0.15, -0.1) is 0 Å². The smallest absolute Gasteiger partial charge is 0.254 e. The number of benzene rings is 1. The number of aromatic nitrogens is 2. The zero-order valence-corrected chi connectivity index (χ0v) is 12.5. The molecule has 0 bridgehead atoms. The number of para-hydroxylation sites is 1. The van der Waals surface area contributed by atoms with E-state index in [-0.39, 0.29) is 23.1 Å². The Morgan fingerprint density at radius 3 is 2.48 bits per heavy atom. The summed E-state index contributed by atoms with van der Waals surface area (Å²) in [6, 6.07) is 3.49. The van der Waals surface area contributed by atoms with Gasteiger partial charge in [0.1, 0.15) is 17.3 Å². The van der Waals surface area contributed by atoms with Crippen molar-refractivity contribution in [2.24, 2.45) is 0 Å². The Hall–Kier alpha value is -2.61. The third kappa shape index (κ3) is 4.68. The minimum atomic E-state index is -0.756. The summed E-state index contributed by atoms with van der Waals surface area (Å²) in [6.45, 7) is 1.01. The predicted molar refractivity (Wildman–Crippen MR) is 80.5 cm³/mol. The first-order chi connectivity index (χ1) is 11.1. The van der Waals surface area contributed by atoms with E-state index in [2.05, 4.69) is 20.6 Å². The van der Waals surface area contributed by atoms with Gasteiger partial charge in [-0.3, -0.25) is 4.79 Å². The number of amides is 1. The second-order valence-electron chi connectivity index (χ2n) is 4.62. The van der Waals surface area contributed by atoms with Gasteiger partial charge in [0.2, 0.25) is 5.95 Å². The van der Waals surface area contributed by atoms with Gasteiger partial charge < -0.3 is 15.4 Å². The molecule has 8 heteroatoms. The summed E-state index contributed by atoms with van der Waals surface area (Å²) in [7, 11) is 1.58. The fourth-order valence-corrected chi connectivity index (χ4v) is 1.76. The largest absolute Gasteiger partial charge is 0.385 e. The number of hydrogen-bond donors (Lipinski definition) is 2. The maximum absolute atomic E-state index is 13.5. The first-order valence-corrected chi connectivity index (χ1v) is 6.92. The van der Waals surface area contributed by atoms with E-state index in [9.17, 15) is 13.6 Å². The Bertz CT molecular complexity index is 645. The minimum Gasteiger partial charge on any atom is -0.385 e. The number of carbonyl (C=O) groups is 1. The summed E-state index contributed by atoms with van der Waals surface area (Å²) in [5, 5.41) is 5.13. The molecule has 0 aliphatic carbocycles. The summed E-state index contributed by atoms with van der Waals surface area (Å²) in [6.07, 6.45) is 3.24. The number of carbonyl (C=O) groups excluding carboxylic acids is 1. The Morgan fingerprint density at radius 2 is 1.87 bits per heavy atom. The number of rotatable bonds is 7. The van der Waals surface area contributed by atoms with E-state index in [0.717, 1.165) is 12.1 Å². The molecule has 2 N–H and O–H groups in total. The normalized spacial score (nSPS) is 10.4. The highest BCUT2D eigenvalue weighted by molar-refractivity contribution is 5.93. The summed E-state index contributed by atoms with van der Waals surface area (Å²) >= 11 is 0. The molecule has 2 aromatic rings. The molecule has 0 aliphatic rings. The minimum absolute atomic E-state index is 0.00932. The van der Waals surface area contributed by atoms with E-state index in [4.69, 9.17) is 4.74 Å². The highest BCUT2D eigenvalue weighted by Gasteiger charge is 2.11. The maximum atomic E-state index is 13.5. The molecule has 0 fully saturated rings. The van der Waals surface area contributed by atoms with Crippen molar-refractivity contribution in [3.8, 4) is 0 Å². The topological polar surface area (TPSA) is 76.1 Å². The molecule has 0 aliphatic heterocycles. The molecule has 1 heterocycles. The summed E-state index contributed by atoms with van der Waals surface area (Å²) in [5.41, 5.74) is -0.0914. The van der Waals surface area contributed by atoms with Crippen LogP contribution >= 0.6 is 0 Å². The van der Waals surface area contributed by atoms with Crippen molar-refractivity contribution in [2.45, 2.75) is 6.42 Å². The lowest BCUT2D eigenvalue weighted by Crippen LogP contribution is -2.25. The van der Waals surface area contributed by atoms with Crippen LogP contribution in [0.15, 0.2) is 30.6 Å². The van der Waals surface area contributed by atoms with Crippen LogP contribution in [0.2, 0.25) is 0 Å². The number of methoxy groups -OCH3 is 1. The van der Waals surface area contributed by atoms with E-state index in [0.29, 0.717) is 19.6 Å². The number of ether oxygens (including phenoxy) is 1. The molecule has 1 amide bonds. The summed E-state index contributed by atoms with van der Waals surface area (Å²) < 4.78 is 31.9. The van der Waals surface area contributed by atoms with Crippen LogP contribution in [0.4, 0.5) is 20.4 Å². The predicted octanol–water partition coefficient (Wildman–Crippen LogP) is 2.26. The third-order valence-corrected chi connectivity index (χ3v) is 2.92. The zero-order valence-electron chi connectivity index (χ0n) is 12.5. The number of hydrogen-bond acceptors (Lipinski definition) is 5. The maximum Gasteiger partial charge on any atom is 0.254 e. The van der Waals surface area contributed by atoms with Crippen LogP contribution in [0.1, 0.15) is 16.8 Å². The van der Waals surface area contributed by atoms with E-state index in [1.54, 1.807) is 7.11 Å². The first kappa shape index (κ1) is 16.8. The van der Waals surface area contributed by atoms with Crippen LogP contribution in [-0.2, 0) is 4.74 Å². The summed E-state index contributed by atoms with van der Waals surface area (Å²) in [4.78, 5) is 19.6. The molecule has 0 spiro atoms. The van der Waals surface area contributed by atoms with Crippen LogP contribution in [0.3, 0.4) is 0 Å². The van der Waals surface area contributed by atoms with Crippen molar-refractivity contribution >= 4 is 17.5 Å². The molecule has 1 aromatic carbocycles. The molecule has 6 nitrogen and oxygen atoms in total. The molecule has 0 atom stereocenters. The molecule has 0 radical (unpaired) electrons. The van der Waals surface area contributed by atoms with Gasteiger partial charge in [0.15, 0.2) is 0 Å². The van der Waals surface area contributed by atoms with Gasteiger partial charge in [-0.05, 0) is 18.6 Å². The fraction of sp³-hybridized carbons (Fsp3) is 0.267. The van der Waals surface area contributed by atoms with Crippen molar-refractivity contribution in [3.63, 3.8) is 0 Å². The number of nitrogens with one attached hydrogen (secondary N) is 2. The lowest BCUT2D eigenvalue weighted by molar-refractivity contribution is 0.0948. The first-order valence-electron chi connectivity index (χ1n) is 6.92. The Balaban J connectivity index is 1.98. The van der Waals surface area contributed by atoms with Crippen LogP contribution in [0, 0.1) is 11.6 Å². The van der Waals surface area contributed by atoms with Crippen molar-refractivity contribution in [1.29, 1.82) is 0 Å². The average molecular weight is 322 g/mol. The highest BCUT2D eigenvalue weighted by atomic mass is 19.1. The van der Waals surface area contributed by atoms with Crippen molar-refractivity contribution in [2.75, 3.05) is 25.6 Å². The van der Waals surface area contributed by atoms with Gasteiger partial charge in [0, 0.05) is 32.7 Å². The second-order valence-corrected chi connectivity index (χ2v) is 4.62. The van der Waals surface area contributed by atoms with Gasteiger partial charge in [0.25, 0.3) is 5.91 Å². The molecule has 0 unspecified atom stereocenters. The molecular formula is C15H16F2N4O2. The van der Waals surface area contributed by atoms with Gasteiger partial charge >= 0.3 is 0 Å². The lowest BCUT2D eigenvalue weighted by Gasteiger charge is -2.08. The van der Waals surface area contributed by atoms with Crippen molar-refractivity contribution < 1.29 is 18.3 Å². The fourth-order valence-electron chi connectivity index (χ4n) is 1.76. The second kappa shape index (κ2) is 8.14. The molecular weight excluding hydrogens is 306 g/mol. The van der Waals surface area contributed by atoms with Gasteiger partial charge in [0.05, 0.1) is 5.56 Å². The van der Waals surface area contributed by atoms with Crippen LogP contribution in [0.25, 0.3) is 0 Å². The van der Waals surface area contributed by atoms with Gasteiger partial charge in [-0.2, -0.15) is 0 Å². The molecule has 0 saturated carbocycles. The van der Waals surface area contributed by atoms with E-state index >= 15 is 0 Å². The highest BCUT2D eigenvalue weighted by Crippen LogP contribution is 2.20. The van der Waals surface area contributed by atoms with E-state index in [1.807, 2.05) is 0 Å². The van der Waals surface area contributed by atoms with Crippen LogP contribution in [0.5, 0.6) is 0 Å². The molecule has 2 rings (SSSR count). The van der Waals surface area contributed by atoms with Gasteiger partial charge in [-0.25, -0.2) is 18.7 Å². The monoisotopic (exact) mass is 322 g/mol. The molecule has 0 saturated heterocycles. The Kier molecular flexibility index (Phi) is 5.93. The number of anilines is 2. The van der Waals surface area contributed by atoms with Gasteiger partial charge in [-0.1, -0.05) is 6.07 Å². The van der Waals surface area contributed by atoms with Crippen molar-refractivity contribution in [3.05, 3.63) is 47.8 Å². The lowest BCUT2D eigenvalue weighted by atomic mass is 10.3.